The third-order valence-electron chi connectivity index (χ3n) is 3.42. The highest BCUT2D eigenvalue weighted by atomic mass is 16.6. The Hall–Kier alpha value is -2.92. The van der Waals surface area contributed by atoms with Gasteiger partial charge in [-0.25, -0.2) is 0 Å². The summed E-state index contributed by atoms with van der Waals surface area (Å²) in [5.74, 6) is 0. The summed E-state index contributed by atoms with van der Waals surface area (Å²) in [5, 5.41) is 0. The first kappa shape index (κ1) is 14.0. The van der Waals surface area contributed by atoms with Crippen molar-refractivity contribution in [3.63, 3.8) is 0 Å². The van der Waals surface area contributed by atoms with Gasteiger partial charge in [0.2, 0.25) is 0 Å². The smallest absolute Gasteiger partial charge is 0.255 e. The monoisotopic (exact) mass is 294 g/mol. The fraction of sp³-hybridized carbons (Fsp3) is 0.0588. The van der Waals surface area contributed by atoms with Gasteiger partial charge >= 0.3 is 0 Å². The van der Waals surface area contributed by atoms with Gasteiger partial charge in [0.05, 0.1) is 6.61 Å². The van der Waals surface area contributed by atoms with Crippen molar-refractivity contribution in [1.29, 1.82) is 0 Å². The van der Waals surface area contributed by atoms with E-state index >= 15 is 0 Å². The number of hydrogen-bond acceptors (Lipinski definition) is 5. The number of nitrogens with one attached hydrogen (secondary N) is 1. The molecular formula is C17H14N2O3. The molecule has 0 aliphatic rings. The third kappa shape index (κ3) is 2.62. The van der Waals surface area contributed by atoms with Crippen LogP contribution in [0.2, 0.25) is 0 Å². The van der Waals surface area contributed by atoms with E-state index in [1.165, 1.54) is 0 Å². The lowest BCUT2D eigenvalue weighted by Crippen LogP contribution is -2.37. The Labute approximate surface area is 126 Å². The van der Waals surface area contributed by atoms with Gasteiger partial charge in [0.25, 0.3) is 10.9 Å². The zero-order chi connectivity index (χ0) is 15.5. The topological polar surface area (TPSA) is 81.4 Å². The minimum atomic E-state index is -0.668. The van der Waals surface area contributed by atoms with Crippen molar-refractivity contribution in [2.45, 2.75) is 6.61 Å². The van der Waals surface area contributed by atoms with Gasteiger partial charge in [0.1, 0.15) is 11.4 Å². The fourth-order valence-corrected chi connectivity index (χ4v) is 2.13. The molecule has 0 aromatic heterocycles. The lowest BCUT2D eigenvalue weighted by molar-refractivity contribution is 0.180. The highest BCUT2D eigenvalue weighted by Crippen LogP contribution is 2.19. The molecule has 3 aromatic carbocycles. The molecule has 0 aliphatic heterocycles. The summed E-state index contributed by atoms with van der Waals surface area (Å²) in [6.45, 7) is 0.257. The van der Waals surface area contributed by atoms with Gasteiger partial charge in [-0.1, -0.05) is 54.6 Å². The van der Waals surface area contributed by atoms with E-state index in [-0.39, 0.29) is 18.0 Å². The molecule has 0 saturated carbocycles. The molecular weight excluding hydrogens is 280 g/mol. The van der Waals surface area contributed by atoms with Crippen molar-refractivity contribution in [3.05, 3.63) is 80.6 Å². The number of nitrogens with two attached hydrogens (primary N) is 1. The van der Waals surface area contributed by atoms with E-state index in [0.717, 1.165) is 16.7 Å². The summed E-state index contributed by atoms with van der Waals surface area (Å²) in [6.07, 6.45) is 0. The van der Waals surface area contributed by atoms with E-state index in [1.54, 1.807) is 0 Å². The van der Waals surface area contributed by atoms with Gasteiger partial charge in [0, 0.05) is 0 Å². The van der Waals surface area contributed by atoms with E-state index in [0.29, 0.717) is 0 Å². The van der Waals surface area contributed by atoms with E-state index < -0.39 is 10.9 Å². The molecule has 0 fully saturated rings. The molecule has 0 amide bonds. The average molecular weight is 294 g/mol. The summed E-state index contributed by atoms with van der Waals surface area (Å²) < 4.78 is 0. The molecule has 0 aliphatic carbocycles. The summed E-state index contributed by atoms with van der Waals surface area (Å²) in [6, 6.07) is 17.9. The average Bonchev–Trinajstić information content (AvgIpc) is 2.59. The Morgan fingerprint density at radius 1 is 0.864 bits per heavy atom. The molecule has 0 bridgehead atoms. The zero-order valence-electron chi connectivity index (χ0n) is 11.7. The number of hydrogen-bond donors (Lipinski definition) is 2. The lowest BCUT2D eigenvalue weighted by atomic mass is 10.0. The molecule has 0 heterocycles. The van der Waals surface area contributed by atoms with E-state index in [4.69, 9.17) is 10.6 Å². The molecule has 5 nitrogen and oxygen atoms in total. The molecule has 0 unspecified atom stereocenters. The Morgan fingerprint density at radius 2 is 1.50 bits per heavy atom. The molecule has 0 radical (unpaired) electrons. The lowest BCUT2D eigenvalue weighted by Gasteiger charge is -2.10. The third-order valence-corrected chi connectivity index (χ3v) is 3.42. The number of nitrogen functional groups attached to an aromatic ring is 1. The van der Waals surface area contributed by atoms with Crippen LogP contribution in [0.15, 0.2) is 64.2 Å². The maximum Gasteiger partial charge on any atom is 0.255 e. The van der Waals surface area contributed by atoms with Crippen molar-refractivity contribution in [1.82, 2.24) is 0 Å². The minimum Gasteiger partial charge on any atom is -0.394 e. The van der Waals surface area contributed by atoms with E-state index in [1.807, 2.05) is 54.6 Å². The summed E-state index contributed by atoms with van der Waals surface area (Å²) in [4.78, 5) is 27.3. The first-order valence-corrected chi connectivity index (χ1v) is 6.78. The second-order valence-electron chi connectivity index (χ2n) is 4.90. The normalized spacial score (nSPS) is 10.7. The molecule has 0 spiro atoms. The van der Waals surface area contributed by atoms with Crippen LogP contribution in [0.3, 0.4) is 0 Å². The Bertz CT molecular complexity index is 848. The van der Waals surface area contributed by atoms with E-state index in [2.05, 4.69) is 5.48 Å². The summed E-state index contributed by atoms with van der Waals surface area (Å²) in [5.41, 5.74) is 9.65. The zero-order valence-corrected chi connectivity index (χ0v) is 11.7. The van der Waals surface area contributed by atoms with Gasteiger partial charge in [0.15, 0.2) is 0 Å². The second kappa shape index (κ2) is 5.83. The van der Waals surface area contributed by atoms with Crippen LogP contribution in [0.1, 0.15) is 5.56 Å². The maximum absolute atomic E-state index is 11.2. The predicted molar refractivity (Wildman–Crippen MR) is 86.1 cm³/mol. The van der Waals surface area contributed by atoms with Crippen LogP contribution in [0.4, 0.5) is 11.4 Å². The molecule has 3 rings (SSSR count). The van der Waals surface area contributed by atoms with Crippen LogP contribution in [0.25, 0.3) is 11.1 Å². The van der Waals surface area contributed by atoms with Crippen LogP contribution < -0.4 is 22.1 Å². The Balaban J connectivity index is 1.60. The van der Waals surface area contributed by atoms with Gasteiger partial charge in [-0.3, -0.25) is 19.9 Å². The van der Waals surface area contributed by atoms with E-state index in [9.17, 15) is 9.59 Å². The minimum absolute atomic E-state index is 0.0332. The Kier molecular flexibility index (Phi) is 3.72. The Morgan fingerprint density at radius 3 is 2.14 bits per heavy atom. The van der Waals surface area contributed by atoms with Crippen molar-refractivity contribution >= 4 is 11.4 Å². The number of rotatable bonds is 5. The van der Waals surface area contributed by atoms with Gasteiger partial charge < -0.3 is 5.73 Å². The van der Waals surface area contributed by atoms with Crippen LogP contribution in [-0.4, -0.2) is 0 Å². The quantitative estimate of drug-likeness (QED) is 0.556. The van der Waals surface area contributed by atoms with Crippen LogP contribution in [0, 0.1) is 0 Å². The number of anilines is 2. The SMILES string of the molecule is Nc1c(NOCc2ccc(-c3ccccc3)cc2)c(=O)c1=O. The van der Waals surface area contributed by atoms with Crippen LogP contribution >= 0.6 is 0 Å². The second-order valence-corrected chi connectivity index (χ2v) is 4.90. The standard InChI is InChI=1S/C17H14N2O3/c18-14-15(17(21)16(14)20)19-22-10-11-6-8-13(9-7-11)12-4-2-1-3-5-12/h1-9,19H,10,18H2. The molecule has 0 saturated heterocycles. The van der Waals surface area contributed by atoms with Gasteiger partial charge in [-0.05, 0) is 16.7 Å². The highest BCUT2D eigenvalue weighted by Gasteiger charge is 2.17. The van der Waals surface area contributed by atoms with Crippen molar-refractivity contribution in [2.75, 3.05) is 11.2 Å². The largest absolute Gasteiger partial charge is 0.394 e. The first-order chi connectivity index (χ1) is 10.7. The summed E-state index contributed by atoms with van der Waals surface area (Å²) >= 11 is 0. The fourth-order valence-electron chi connectivity index (χ4n) is 2.13. The van der Waals surface area contributed by atoms with Crippen molar-refractivity contribution in [2.24, 2.45) is 0 Å². The predicted octanol–water partition coefficient (Wildman–Crippen LogP) is 2.08. The molecule has 3 N–H and O–H groups in total. The highest BCUT2D eigenvalue weighted by molar-refractivity contribution is 5.70. The molecule has 3 aromatic rings. The maximum atomic E-state index is 11.2. The molecule has 0 atom stereocenters. The molecule has 110 valence electrons. The van der Waals surface area contributed by atoms with Crippen LogP contribution in [0.5, 0.6) is 0 Å². The molecule has 5 heteroatoms. The van der Waals surface area contributed by atoms with Crippen LogP contribution in [-0.2, 0) is 11.4 Å². The van der Waals surface area contributed by atoms with Crippen molar-refractivity contribution < 1.29 is 4.84 Å². The molecule has 22 heavy (non-hydrogen) atoms. The first-order valence-electron chi connectivity index (χ1n) is 6.78. The van der Waals surface area contributed by atoms with Gasteiger partial charge in [-0.15, -0.1) is 0 Å². The summed E-state index contributed by atoms with van der Waals surface area (Å²) in [7, 11) is 0. The van der Waals surface area contributed by atoms with Crippen molar-refractivity contribution in [3.8, 4) is 11.1 Å². The number of benzene rings is 2. The van der Waals surface area contributed by atoms with Gasteiger partial charge in [-0.2, -0.15) is 0 Å².